The Labute approximate surface area is 343 Å². The zero-order chi connectivity index (χ0) is 41.1. The topological polar surface area (TPSA) is 131 Å². The normalized spacial score (nSPS) is 13.6. The third-order valence-corrected chi connectivity index (χ3v) is 10.8. The van der Waals surface area contributed by atoms with Crippen LogP contribution in [0.15, 0.2) is 36.5 Å². The predicted octanol–water partition coefficient (Wildman–Crippen LogP) is 12.9. The third kappa shape index (κ3) is 43.4. The Morgan fingerprint density at radius 2 is 0.964 bits per heavy atom. The highest BCUT2D eigenvalue weighted by Gasteiger charge is 2.23. The quantitative estimate of drug-likeness (QED) is 0.0240. The van der Waals surface area contributed by atoms with E-state index in [4.69, 9.17) is 13.8 Å². The minimum absolute atomic E-state index is 0.0779. The number of hydrogen-bond donors (Lipinski definition) is 3. The van der Waals surface area contributed by atoms with Crippen molar-refractivity contribution < 1.29 is 37.9 Å². The largest absolute Gasteiger partial charge is 0.472 e. The maximum absolute atomic E-state index is 12.1. The van der Waals surface area contributed by atoms with E-state index in [1.165, 1.54) is 128 Å². The van der Waals surface area contributed by atoms with Gasteiger partial charge in [-0.15, -0.1) is 0 Å². The van der Waals surface area contributed by atoms with E-state index in [0.717, 1.165) is 57.8 Å². The highest BCUT2D eigenvalue weighted by atomic mass is 31.2. The second-order valence-corrected chi connectivity index (χ2v) is 16.8. The van der Waals surface area contributed by atoms with Crippen LogP contribution in [0.3, 0.4) is 0 Å². The number of carbonyl (C=O) groups excluding carboxylic acids is 2. The summed E-state index contributed by atoms with van der Waals surface area (Å²) in [5.41, 5.74) is 0. The summed E-state index contributed by atoms with van der Waals surface area (Å²) in [5, 5.41) is 12.7. The first kappa shape index (κ1) is 54.2. The zero-order valence-electron chi connectivity index (χ0n) is 36.1. The molecule has 0 radical (unpaired) electrons. The molecule has 1 amide bonds. The molecule has 0 rings (SSSR count). The summed E-state index contributed by atoms with van der Waals surface area (Å²) in [5.74, 6) is -0.524. The number of carbonyl (C=O) groups is 2. The number of amides is 1. The van der Waals surface area contributed by atoms with Gasteiger partial charge in [0.1, 0.15) is 12.7 Å². The van der Waals surface area contributed by atoms with Gasteiger partial charge in [-0.2, -0.15) is 0 Å². The second kappa shape index (κ2) is 42.8. The molecule has 0 saturated carbocycles. The number of rotatable bonds is 43. The zero-order valence-corrected chi connectivity index (χ0v) is 37.0. The molecular formula is C46H86NO8P. The summed E-state index contributed by atoms with van der Waals surface area (Å²) >= 11 is 0. The van der Waals surface area contributed by atoms with E-state index in [2.05, 4.69) is 55.6 Å². The summed E-state index contributed by atoms with van der Waals surface area (Å²) in [6.07, 6.45) is 47.9. The third-order valence-electron chi connectivity index (χ3n) is 9.79. The van der Waals surface area contributed by atoms with Crippen LogP contribution in [-0.4, -0.2) is 54.3 Å². The van der Waals surface area contributed by atoms with Gasteiger partial charge < -0.3 is 20.1 Å². The van der Waals surface area contributed by atoms with Crippen molar-refractivity contribution in [2.45, 2.75) is 219 Å². The van der Waals surface area contributed by atoms with Crippen molar-refractivity contribution >= 4 is 19.7 Å². The van der Waals surface area contributed by atoms with Gasteiger partial charge in [0.25, 0.3) is 0 Å². The van der Waals surface area contributed by atoms with Crippen LogP contribution in [0.4, 0.5) is 0 Å². The number of nitrogens with one attached hydrogen (secondary N) is 1. The fourth-order valence-corrected chi connectivity index (χ4v) is 7.04. The van der Waals surface area contributed by atoms with E-state index in [1.807, 2.05) is 0 Å². The van der Waals surface area contributed by atoms with E-state index < -0.39 is 26.5 Å². The lowest BCUT2D eigenvalue weighted by atomic mass is 10.0. The first-order chi connectivity index (χ1) is 27.3. The summed E-state index contributed by atoms with van der Waals surface area (Å²) in [4.78, 5) is 33.9. The Morgan fingerprint density at radius 3 is 1.45 bits per heavy atom. The van der Waals surface area contributed by atoms with Gasteiger partial charge in [-0.05, 0) is 70.6 Å². The summed E-state index contributed by atoms with van der Waals surface area (Å²) < 4.78 is 26.9. The molecule has 0 aromatic rings. The molecule has 0 spiro atoms. The van der Waals surface area contributed by atoms with Gasteiger partial charge >= 0.3 is 13.8 Å². The molecule has 0 aromatic carbocycles. The Kier molecular flexibility index (Phi) is 41.5. The fraction of sp³-hybridized carbons (Fsp3) is 0.826. The molecule has 56 heavy (non-hydrogen) atoms. The number of phosphoric acid groups is 1. The van der Waals surface area contributed by atoms with Crippen LogP contribution in [0.1, 0.15) is 213 Å². The lowest BCUT2D eigenvalue weighted by Gasteiger charge is -2.15. The van der Waals surface area contributed by atoms with Gasteiger partial charge in [0.05, 0.1) is 13.2 Å². The molecule has 0 aliphatic carbocycles. The van der Waals surface area contributed by atoms with Gasteiger partial charge in [-0.3, -0.25) is 18.6 Å². The molecule has 0 heterocycles. The SMILES string of the molecule is CCCCC/C=C\C/C=C\CCCCCCCCCCCCCCCC(=O)OCC(O)COP(=O)(O)OCCNC(=O)CCCCCCC/C=C\CCCCC. The number of phosphoric ester groups is 1. The highest BCUT2D eigenvalue weighted by molar-refractivity contribution is 7.47. The Morgan fingerprint density at radius 1 is 0.554 bits per heavy atom. The number of unbranched alkanes of at least 4 members (excludes halogenated alkanes) is 24. The van der Waals surface area contributed by atoms with Crippen LogP contribution in [0.25, 0.3) is 0 Å². The minimum Gasteiger partial charge on any atom is -0.463 e. The standard InChI is InChI=1S/C46H86NO8P/c1-3-5-7-9-11-13-15-17-18-19-20-21-22-23-24-25-26-27-29-31-33-35-37-39-46(50)53-42-44(48)43-55-56(51,52)54-41-40-47-45(49)38-36-34-32-30-28-16-14-12-10-8-6-4-2/h11-14,17-18,44,48H,3-10,15-16,19-43H2,1-2H3,(H,47,49)(H,51,52)/b13-11-,14-12-,18-17-. The van der Waals surface area contributed by atoms with Crippen LogP contribution >= 0.6 is 7.82 Å². The number of hydrogen-bond acceptors (Lipinski definition) is 7. The van der Waals surface area contributed by atoms with Gasteiger partial charge in [0, 0.05) is 19.4 Å². The van der Waals surface area contributed by atoms with E-state index in [0.29, 0.717) is 6.42 Å². The highest BCUT2D eigenvalue weighted by Crippen LogP contribution is 2.42. The van der Waals surface area contributed by atoms with Gasteiger partial charge in [-0.25, -0.2) is 4.57 Å². The lowest BCUT2D eigenvalue weighted by Crippen LogP contribution is -2.27. The van der Waals surface area contributed by atoms with Crippen LogP contribution in [0, 0.1) is 0 Å². The molecule has 0 bridgehead atoms. The molecule has 0 fully saturated rings. The number of allylic oxidation sites excluding steroid dienone is 6. The van der Waals surface area contributed by atoms with Crippen molar-refractivity contribution in [3.8, 4) is 0 Å². The summed E-state index contributed by atoms with van der Waals surface area (Å²) in [6, 6.07) is 0. The molecule has 2 atom stereocenters. The van der Waals surface area contributed by atoms with Crippen molar-refractivity contribution in [3.05, 3.63) is 36.5 Å². The van der Waals surface area contributed by atoms with E-state index in [9.17, 15) is 24.2 Å². The van der Waals surface area contributed by atoms with Crippen LogP contribution < -0.4 is 5.32 Å². The smallest absolute Gasteiger partial charge is 0.463 e. The molecule has 0 aliphatic heterocycles. The average Bonchev–Trinajstić information content (AvgIpc) is 3.18. The molecule has 10 heteroatoms. The first-order valence-corrected chi connectivity index (χ1v) is 24.5. The van der Waals surface area contributed by atoms with Crippen molar-refractivity contribution in [2.24, 2.45) is 0 Å². The molecular weight excluding hydrogens is 725 g/mol. The van der Waals surface area contributed by atoms with E-state index in [1.54, 1.807) is 0 Å². The molecule has 0 aromatic heterocycles. The molecule has 0 saturated heterocycles. The number of esters is 1. The molecule has 328 valence electrons. The molecule has 9 nitrogen and oxygen atoms in total. The Balaban J connectivity index is 3.56. The van der Waals surface area contributed by atoms with E-state index >= 15 is 0 Å². The van der Waals surface area contributed by atoms with Crippen molar-refractivity contribution in [1.82, 2.24) is 5.32 Å². The monoisotopic (exact) mass is 812 g/mol. The van der Waals surface area contributed by atoms with Crippen molar-refractivity contribution in [2.75, 3.05) is 26.4 Å². The number of aliphatic hydroxyl groups is 1. The van der Waals surface area contributed by atoms with Gasteiger partial charge in [-0.1, -0.05) is 166 Å². The predicted molar refractivity (Wildman–Crippen MR) is 234 cm³/mol. The maximum Gasteiger partial charge on any atom is 0.472 e. The fourth-order valence-electron chi connectivity index (χ4n) is 6.29. The van der Waals surface area contributed by atoms with Crippen LogP contribution in [0.5, 0.6) is 0 Å². The molecule has 2 unspecified atom stereocenters. The molecule has 0 aliphatic rings. The minimum atomic E-state index is -4.42. The Hall–Kier alpha value is -1.77. The maximum atomic E-state index is 12.1. The summed E-state index contributed by atoms with van der Waals surface area (Å²) in [6.45, 7) is 3.51. The summed E-state index contributed by atoms with van der Waals surface area (Å²) in [7, 11) is -4.42. The van der Waals surface area contributed by atoms with Crippen molar-refractivity contribution in [3.63, 3.8) is 0 Å². The number of ether oxygens (including phenoxy) is 1. The lowest BCUT2D eigenvalue weighted by molar-refractivity contribution is -0.147. The second-order valence-electron chi connectivity index (χ2n) is 15.4. The average molecular weight is 812 g/mol. The Bertz CT molecular complexity index is 1020. The van der Waals surface area contributed by atoms with Gasteiger partial charge in [0.15, 0.2) is 0 Å². The van der Waals surface area contributed by atoms with Crippen LogP contribution in [0.2, 0.25) is 0 Å². The van der Waals surface area contributed by atoms with Crippen LogP contribution in [-0.2, 0) is 27.9 Å². The van der Waals surface area contributed by atoms with Gasteiger partial charge in [0.2, 0.25) is 5.91 Å². The number of aliphatic hydroxyl groups excluding tert-OH is 1. The first-order valence-electron chi connectivity index (χ1n) is 23.0. The van der Waals surface area contributed by atoms with Crippen molar-refractivity contribution in [1.29, 1.82) is 0 Å². The van der Waals surface area contributed by atoms with E-state index in [-0.39, 0.29) is 32.1 Å². The molecule has 3 N–H and O–H groups in total.